The van der Waals surface area contributed by atoms with Gasteiger partial charge in [0.15, 0.2) is 11.2 Å². The standard InChI is InChI=1S/2C6H8O7.C6H6O2.Al/c2*7-3(8)1-6(13,5(11)12)2-4(9)10;7-5-3-1-2-4-6(5)8;/h2*13H,1-2H2,(H,7,8)(H,9,10)(H,11,12);1-4,7-8H;/q;;;+3/p-3. The summed E-state index contributed by atoms with van der Waals surface area (Å²) in [5.41, 5.74) is -5.54. The maximum absolute atomic E-state index is 10.3. The van der Waals surface area contributed by atoms with Crippen molar-refractivity contribution in [3.8, 4) is 11.5 Å². The molecule has 0 heterocycles. The summed E-state index contributed by atoms with van der Waals surface area (Å²) in [5.74, 6) is -11.2. The Balaban J connectivity index is -0.000000444. The van der Waals surface area contributed by atoms with Gasteiger partial charge in [-0.15, -0.1) is 11.5 Å². The first-order chi connectivity index (χ1) is 15.4. The minimum Gasteiger partial charge on any atom is -0.873 e. The van der Waals surface area contributed by atoms with E-state index in [1.807, 2.05) is 0 Å². The zero-order valence-electron chi connectivity index (χ0n) is 17.5. The summed E-state index contributed by atoms with van der Waals surface area (Å²) in [6.45, 7) is 0. The van der Waals surface area contributed by atoms with Gasteiger partial charge in [0, 0.05) is 12.4 Å². The Hall–Kier alpha value is -3.91. The van der Waals surface area contributed by atoms with Crippen LogP contribution < -0.4 is 15.3 Å². The minimum atomic E-state index is -2.80. The summed E-state index contributed by atoms with van der Waals surface area (Å²) in [6.07, 6.45) is -4.73. The minimum absolute atomic E-state index is 0. The van der Waals surface area contributed by atoms with Crippen molar-refractivity contribution in [3.63, 3.8) is 0 Å². The molecule has 0 aliphatic carbocycles. The van der Waals surface area contributed by atoms with Crippen molar-refractivity contribution in [1.29, 1.82) is 0 Å². The van der Waals surface area contributed by atoms with Crippen LogP contribution in [0.1, 0.15) is 25.7 Å². The van der Waals surface area contributed by atoms with Crippen molar-refractivity contribution in [2.24, 2.45) is 0 Å². The molecule has 1 aromatic carbocycles. The predicted octanol–water partition coefficient (Wildman–Crippen LogP) is -4.38. The van der Waals surface area contributed by atoms with Gasteiger partial charge in [0.05, 0.1) is 19.3 Å². The molecule has 1 aromatic rings. The smallest absolute Gasteiger partial charge is 0.873 e. The molecule has 0 saturated heterocycles. The van der Waals surface area contributed by atoms with Crippen molar-refractivity contribution in [1.82, 2.24) is 0 Å². The Morgan fingerprint density at radius 1 is 0.629 bits per heavy atom. The first-order valence-corrected chi connectivity index (χ1v) is 8.56. The number of para-hydroxylation sites is 2. The van der Waals surface area contributed by atoms with Crippen LogP contribution in [0, 0.1) is 0 Å². The largest absolute Gasteiger partial charge is 3.00 e. The molecule has 35 heavy (non-hydrogen) atoms. The van der Waals surface area contributed by atoms with E-state index in [9.17, 15) is 44.1 Å². The Morgan fingerprint density at radius 2 is 0.886 bits per heavy atom. The van der Waals surface area contributed by atoms with Crippen LogP contribution in [0.3, 0.4) is 0 Å². The first-order valence-electron chi connectivity index (χ1n) is 8.56. The Kier molecular flexibility index (Phi) is 16.2. The molecule has 0 amide bonds. The van der Waals surface area contributed by atoms with Gasteiger partial charge in [0.2, 0.25) is 0 Å². The number of carboxylic acid groups (broad SMARTS) is 6. The molecule has 0 aromatic heterocycles. The van der Waals surface area contributed by atoms with Crippen LogP contribution in [0.2, 0.25) is 0 Å². The number of aliphatic carboxylic acids is 6. The maximum Gasteiger partial charge on any atom is 3.00 e. The summed E-state index contributed by atoms with van der Waals surface area (Å²) in [4.78, 5) is 60.8. The van der Waals surface area contributed by atoms with Gasteiger partial charge in [-0.05, 0) is 0 Å². The number of hydrogen-bond donors (Lipinski definition) is 7. The molecule has 17 heteroatoms. The quantitative estimate of drug-likeness (QED) is 0.144. The number of carbonyl (C=O) groups excluding carboxylic acids is 1. The fourth-order valence-corrected chi connectivity index (χ4v) is 1.87. The summed E-state index contributed by atoms with van der Waals surface area (Å²) < 4.78 is 0. The van der Waals surface area contributed by atoms with Crippen LogP contribution >= 0.6 is 0 Å². The summed E-state index contributed by atoms with van der Waals surface area (Å²) in [5, 5.41) is 89.9. The van der Waals surface area contributed by atoms with E-state index in [1.165, 1.54) is 12.1 Å². The van der Waals surface area contributed by atoms with E-state index in [1.54, 1.807) is 12.1 Å². The molecule has 0 fully saturated rings. The molecule has 190 valence electrons. The zero-order valence-corrected chi connectivity index (χ0v) is 18.7. The number of aliphatic hydroxyl groups is 2. The SMILES string of the molecule is O=C(O)CC(O)(CC(=O)O)C(=O)O.O=C([O-])CC(O)(CC(=O)O)C(=O)O.[Al+3].[O-]c1ccccc1[O-]. The Morgan fingerprint density at radius 3 is 1.06 bits per heavy atom. The van der Waals surface area contributed by atoms with Crippen LogP contribution in [0.15, 0.2) is 24.3 Å². The molecule has 0 radical (unpaired) electrons. The van der Waals surface area contributed by atoms with E-state index >= 15 is 0 Å². The number of hydrogen-bond acceptors (Lipinski definition) is 11. The second kappa shape index (κ2) is 15.8. The normalized spacial score (nSPS) is 11.5. The van der Waals surface area contributed by atoms with Gasteiger partial charge >= 0.3 is 47.2 Å². The Labute approximate surface area is 206 Å². The third kappa shape index (κ3) is 15.5. The fourth-order valence-electron chi connectivity index (χ4n) is 1.87. The van der Waals surface area contributed by atoms with Gasteiger partial charge in [-0.1, -0.05) is 24.3 Å². The van der Waals surface area contributed by atoms with E-state index in [4.69, 9.17) is 35.7 Å². The topological polar surface area (TPSA) is 313 Å². The molecular formula is C18H19AlO16. The van der Waals surface area contributed by atoms with Gasteiger partial charge < -0.3 is 55.9 Å². The van der Waals surface area contributed by atoms with Crippen molar-refractivity contribution in [2.75, 3.05) is 0 Å². The van der Waals surface area contributed by atoms with Crippen molar-refractivity contribution in [3.05, 3.63) is 24.3 Å². The van der Waals surface area contributed by atoms with Crippen LogP contribution in [0.4, 0.5) is 0 Å². The average Bonchev–Trinajstić information content (AvgIpc) is 2.62. The van der Waals surface area contributed by atoms with Crippen molar-refractivity contribution in [2.45, 2.75) is 36.9 Å². The summed E-state index contributed by atoms with van der Waals surface area (Å²) in [6, 6.07) is 5.60. The molecule has 0 bridgehead atoms. The number of carbonyl (C=O) groups is 6. The molecule has 0 saturated carbocycles. The molecular weight excluding hydrogens is 499 g/mol. The number of rotatable bonds is 10. The molecule has 1 rings (SSSR count). The molecule has 16 nitrogen and oxygen atoms in total. The molecule has 1 atom stereocenters. The van der Waals surface area contributed by atoms with Gasteiger partial charge in [0.25, 0.3) is 0 Å². The summed E-state index contributed by atoms with van der Waals surface area (Å²) >= 11 is 0. The van der Waals surface area contributed by atoms with E-state index in [2.05, 4.69) is 0 Å². The molecule has 0 aliphatic heterocycles. The first kappa shape index (κ1) is 35.7. The summed E-state index contributed by atoms with van der Waals surface area (Å²) in [7, 11) is 0. The predicted molar refractivity (Wildman–Crippen MR) is 103 cm³/mol. The van der Waals surface area contributed by atoms with Crippen molar-refractivity contribution < 1.29 is 79.8 Å². The molecule has 0 aliphatic rings. The third-order valence-corrected chi connectivity index (χ3v) is 3.41. The zero-order chi connectivity index (χ0) is 27.3. The second-order valence-corrected chi connectivity index (χ2v) is 6.38. The van der Waals surface area contributed by atoms with Gasteiger partial charge in [0.1, 0.15) is 0 Å². The molecule has 1 unspecified atom stereocenters. The molecule has 7 N–H and O–H groups in total. The van der Waals surface area contributed by atoms with Crippen LogP contribution in [-0.2, 0) is 28.8 Å². The van der Waals surface area contributed by atoms with E-state index < -0.39 is 84.2 Å². The maximum atomic E-state index is 10.3. The van der Waals surface area contributed by atoms with E-state index in [0.717, 1.165) is 0 Å². The Bertz CT molecular complexity index is 807. The number of carboxylic acids is 6. The van der Waals surface area contributed by atoms with Crippen LogP contribution in [0.25, 0.3) is 0 Å². The fraction of sp³-hybridized carbons (Fsp3) is 0.333. The van der Waals surface area contributed by atoms with E-state index in [-0.39, 0.29) is 17.4 Å². The van der Waals surface area contributed by atoms with Crippen LogP contribution in [-0.4, -0.2) is 100 Å². The monoisotopic (exact) mass is 518 g/mol. The third-order valence-electron chi connectivity index (χ3n) is 3.41. The average molecular weight is 518 g/mol. The van der Waals surface area contributed by atoms with Crippen LogP contribution in [0.5, 0.6) is 11.5 Å². The second-order valence-electron chi connectivity index (χ2n) is 6.38. The molecule has 0 spiro atoms. The van der Waals surface area contributed by atoms with Gasteiger partial charge in [-0.25, -0.2) is 9.59 Å². The van der Waals surface area contributed by atoms with Gasteiger partial charge in [-0.3, -0.25) is 14.4 Å². The van der Waals surface area contributed by atoms with Gasteiger partial charge in [-0.2, -0.15) is 0 Å². The van der Waals surface area contributed by atoms with Crippen molar-refractivity contribution >= 4 is 53.2 Å². The number of benzene rings is 1. The van der Waals surface area contributed by atoms with E-state index in [0.29, 0.717) is 0 Å².